The van der Waals surface area contributed by atoms with Gasteiger partial charge in [-0.15, -0.1) is 0 Å². The molecule has 0 spiro atoms. The van der Waals surface area contributed by atoms with Gasteiger partial charge >= 0.3 is 0 Å². The maximum absolute atomic E-state index is 11.4. The van der Waals surface area contributed by atoms with Gasteiger partial charge in [-0.2, -0.15) is 0 Å². The summed E-state index contributed by atoms with van der Waals surface area (Å²) in [5, 5.41) is 0. The van der Waals surface area contributed by atoms with Crippen LogP contribution in [0.3, 0.4) is 0 Å². The minimum absolute atomic E-state index is 0.0962. The number of hydrogen-bond acceptors (Lipinski definition) is 4. The summed E-state index contributed by atoms with van der Waals surface area (Å²) in [4.78, 5) is 11.4. The molecule has 0 amide bonds. The molecule has 0 radical (unpaired) electrons. The average Bonchev–Trinajstić information content (AvgIpc) is 2.44. The van der Waals surface area contributed by atoms with E-state index in [1.54, 1.807) is 7.11 Å². The van der Waals surface area contributed by atoms with Crippen LogP contribution in [0.15, 0.2) is 24.3 Å². The second kappa shape index (κ2) is 6.68. The van der Waals surface area contributed by atoms with Crippen molar-refractivity contribution in [3.05, 3.63) is 29.8 Å². The van der Waals surface area contributed by atoms with Crippen LogP contribution in [-0.4, -0.2) is 31.7 Å². The van der Waals surface area contributed by atoms with Crippen LogP contribution in [-0.2, 0) is 20.9 Å². The number of hydrogen-bond donors (Lipinski definition) is 0. The highest BCUT2D eigenvalue weighted by molar-refractivity contribution is 5.90. The molecule has 1 aromatic carbocycles. The molecule has 1 fully saturated rings. The van der Waals surface area contributed by atoms with Crippen LogP contribution in [0.5, 0.6) is 5.75 Å². The van der Waals surface area contributed by atoms with Gasteiger partial charge in [0.05, 0.1) is 19.8 Å². The molecule has 4 nitrogen and oxygen atoms in total. The van der Waals surface area contributed by atoms with Crippen LogP contribution in [0.4, 0.5) is 0 Å². The first-order valence-corrected chi connectivity index (χ1v) is 6.63. The lowest BCUT2D eigenvalue weighted by Crippen LogP contribution is -2.50. The van der Waals surface area contributed by atoms with Gasteiger partial charge in [-0.1, -0.05) is 19.1 Å². The molecular formula is C15H20O4. The number of Topliss-reactive ketones (excluding diaryl/α,β-unsaturated/α-hetero) is 1. The third kappa shape index (κ3) is 3.55. The van der Waals surface area contributed by atoms with Crippen molar-refractivity contribution >= 4 is 5.78 Å². The van der Waals surface area contributed by atoms with Gasteiger partial charge in [-0.25, -0.2) is 0 Å². The zero-order valence-electron chi connectivity index (χ0n) is 11.4. The summed E-state index contributed by atoms with van der Waals surface area (Å²) in [5.41, 5.74) is 1.06. The number of benzene rings is 1. The van der Waals surface area contributed by atoms with Crippen LogP contribution >= 0.6 is 0 Å². The van der Waals surface area contributed by atoms with E-state index in [2.05, 4.69) is 0 Å². The zero-order valence-corrected chi connectivity index (χ0v) is 11.4. The molecule has 0 bridgehead atoms. The minimum Gasteiger partial charge on any atom is -0.497 e. The smallest absolute Gasteiger partial charge is 0.166 e. The van der Waals surface area contributed by atoms with Crippen molar-refractivity contribution in [2.45, 2.75) is 38.6 Å². The number of ketones is 1. The number of carbonyl (C=O) groups excluding carboxylic acids is 1. The first-order chi connectivity index (χ1) is 9.24. The molecule has 4 heteroatoms. The fraction of sp³-hybridized carbons (Fsp3) is 0.533. The van der Waals surface area contributed by atoms with E-state index in [1.807, 2.05) is 31.2 Å². The number of ether oxygens (including phenoxy) is 3. The average molecular weight is 264 g/mol. The third-order valence-corrected chi connectivity index (χ3v) is 3.18. The largest absolute Gasteiger partial charge is 0.497 e. The Hall–Kier alpha value is -1.39. The molecule has 19 heavy (non-hydrogen) atoms. The minimum atomic E-state index is -0.363. The number of rotatable bonds is 7. The highest BCUT2D eigenvalue weighted by atomic mass is 16.5. The summed E-state index contributed by atoms with van der Waals surface area (Å²) in [6.45, 7) is 3.13. The molecule has 1 aromatic rings. The highest BCUT2D eigenvalue weighted by Crippen LogP contribution is 2.24. The van der Waals surface area contributed by atoms with Gasteiger partial charge in [0.25, 0.3) is 0 Å². The maximum atomic E-state index is 11.4. The predicted molar refractivity (Wildman–Crippen MR) is 71.2 cm³/mol. The topological polar surface area (TPSA) is 44.8 Å². The molecule has 0 aromatic heterocycles. The second-order valence-electron chi connectivity index (χ2n) is 4.66. The Morgan fingerprint density at radius 2 is 1.95 bits per heavy atom. The SMILES string of the molecule is CCCOC1C(=O)CC1OCc1ccc(OC)cc1. The molecular weight excluding hydrogens is 244 g/mol. The molecule has 0 saturated heterocycles. The molecule has 0 aliphatic heterocycles. The molecule has 1 aliphatic rings. The van der Waals surface area contributed by atoms with Crippen LogP contribution in [0.1, 0.15) is 25.3 Å². The van der Waals surface area contributed by atoms with Gasteiger partial charge in [0.2, 0.25) is 0 Å². The molecule has 0 heterocycles. The van der Waals surface area contributed by atoms with Crippen LogP contribution in [0.25, 0.3) is 0 Å². The molecule has 1 aliphatic carbocycles. The van der Waals surface area contributed by atoms with Crippen molar-refractivity contribution in [2.24, 2.45) is 0 Å². The third-order valence-electron chi connectivity index (χ3n) is 3.18. The summed E-state index contributed by atoms with van der Waals surface area (Å²) in [6, 6.07) is 7.72. The summed E-state index contributed by atoms with van der Waals surface area (Å²) in [5.74, 6) is 0.972. The fourth-order valence-electron chi connectivity index (χ4n) is 1.98. The Kier molecular flexibility index (Phi) is 4.93. The lowest BCUT2D eigenvalue weighted by atomic mass is 9.90. The first-order valence-electron chi connectivity index (χ1n) is 6.63. The maximum Gasteiger partial charge on any atom is 0.166 e. The lowest BCUT2D eigenvalue weighted by Gasteiger charge is -2.34. The van der Waals surface area contributed by atoms with E-state index < -0.39 is 0 Å². The van der Waals surface area contributed by atoms with E-state index in [4.69, 9.17) is 14.2 Å². The van der Waals surface area contributed by atoms with Crippen LogP contribution < -0.4 is 4.74 Å². The standard InChI is InChI=1S/C15H20O4/c1-3-8-18-15-13(16)9-14(15)19-10-11-4-6-12(17-2)7-5-11/h4-7,14-15H,3,8-10H2,1-2H3. The van der Waals surface area contributed by atoms with E-state index in [1.165, 1.54) is 0 Å². The Morgan fingerprint density at radius 1 is 1.21 bits per heavy atom. The van der Waals surface area contributed by atoms with E-state index in [0.717, 1.165) is 17.7 Å². The molecule has 2 unspecified atom stereocenters. The quantitative estimate of drug-likeness (QED) is 0.758. The van der Waals surface area contributed by atoms with Gasteiger partial charge in [0.1, 0.15) is 11.9 Å². The van der Waals surface area contributed by atoms with Gasteiger partial charge in [-0.3, -0.25) is 4.79 Å². The van der Waals surface area contributed by atoms with Gasteiger partial charge in [0.15, 0.2) is 5.78 Å². The van der Waals surface area contributed by atoms with E-state index in [0.29, 0.717) is 19.6 Å². The Balaban J connectivity index is 1.79. The first kappa shape index (κ1) is 14.0. The van der Waals surface area contributed by atoms with Crippen molar-refractivity contribution in [3.63, 3.8) is 0 Å². The van der Waals surface area contributed by atoms with Crippen molar-refractivity contribution in [3.8, 4) is 5.75 Å². The van der Waals surface area contributed by atoms with Gasteiger partial charge < -0.3 is 14.2 Å². The van der Waals surface area contributed by atoms with Gasteiger partial charge in [-0.05, 0) is 24.1 Å². The number of carbonyl (C=O) groups is 1. The molecule has 2 atom stereocenters. The predicted octanol–water partition coefficient (Wildman–Crippen LogP) is 2.35. The summed E-state index contributed by atoms with van der Waals surface area (Å²) >= 11 is 0. The Labute approximate surface area is 113 Å². The summed E-state index contributed by atoms with van der Waals surface area (Å²) < 4.78 is 16.3. The molecule has 2 rings (SSSR count). The van der Waals surface area contributed by atoms with E-state index >= 15 is 0 Å². The second-order valence-corrected chi connectivity index (χ2v) is 4.66. The Bertz CT molecular complexity index is 413. The lowest BCUT2D eigenvalue weighted by molar-refractivity contribution is -0.167. The van der Waals surface area contributed by atoms with Crippen molar-refractivity contribution in [2.75, 3.05) is 13.7 Å². The van der Waals surface area contributed by atoms with Crippen LogP contribution in [0.2, 0.25) is 0 Å². The normalized spacial score (nSPS) is 22.1. The summed E-state index contributed by atoms with van der Waals surface area (Å²) in [6.07, 6.45) is 0.916. The highest BCUT2D eigenvalue weighted by Gasteiger charge is 2.41. The number of methoxy groups -OCH3 is 1. The van der Waals surface area contributed by atoms with Crippen molar-refractivity contribution < 1.29 is 19.0 Å². The van der Waals surface area contributed by atoms with E-state index in [9.17, 15) is 4.79 Å². The van der Waals surface area contributed by atoms with Gasteiger partial charge in [0, 0.05) is 13.0 Å². The fourth-order valence-corrected chi connectivity index (χ4v) is 1.98. The van der Waals surface area contributed by atoms with Crippen molar-refractivity contribution in [1.29, 1.82) is 0 Å². The zero-order chi connectivity index (χ0) is 13.7. The van der Waals surface area contributed by atoms with E-state index in [-0.39, 0.29) is 18.0 Å². The Morgan fingerprint density at radius 3 is 2.53 bits per heavy atom. The molecule has 104 valence electrons. The molecule has 0 N–H and O–H groups in total. The molecule has 1 saturated carbocycles. The van der Waals surface area contributed by atoms with Crippen LogP contribution in [0, 0.1) is 0 Å². The summed E-state index contributed by atoms with van der Waals surface area (Å²) in [7, 11) is 1.64. The van der Waals surface area contributed by atoms with Crippen molar-refractivity contribution in [1.82, 2.24) is 0 Å². The monoisotopic (exact) mass is 264 g/mol.